The van der Waals surface area contributed by atoms with Crippen molar-refractivity contribution in [2.45, 2.75) is 25.2 Å². The molecule has 0 aliphatic carbocycles. The van der Waals surface area contributed by atoms with E-state index in [4.69, 9.17) is 17.3 Å². The Kier molecular flexibility index (Phi) is 4.50. The number of anilines is 2. The lowest BCUT2D eigenvalue weighted by atomic mass is 9.84. The van der Waals surface area contributed by atoms with Gasteiger partial charge in [0.1, 0.15) is 11.6 Å². The summed E-state index contributed by atoms with van der Waals surface area (Å²) < 4.78 is 0. The second kappa shape index (κ2) is 6.97. The van der Waals surface area contributed by atoms with Gasteiger partial charge in [-0.05, 0) is 37.0 Å². The van der Waals surface area contributed by atoms with Gasteiger partial charge in [0.05, 0.1) is 23.1 Å². The predicted molar refractivity (Wildman–Crippen MR) is 105 cm³/mol. The number of allylic oxidation sites excluding steroid dienone is 1. The molecule has 4 rings (SSSR count). The standard InChI is InChI=1S/C19H19ClN6O/c20-12-6-4-11(5-7-12)14-13(10-21)16(22)23-17-15(14)18(27)25-19(24-17)26-8-2-1-3-9-26/h4-7,14H,1-3,8-9,22H2,(H2,23,24,25,27)/t14-/m0/s1. The smallest absolute Gasteiger partial charge is 0.258 e. The van der Waals surface area contributed by atoms with Crippen LogP contribution in [0.5, 0.6) is 0 Å². The number of hydrogen-bond donors (Lipinski definition) is 3. The topological polar surface area (TPSA) is 111 Å². The monoisotopic (exact) mass is 382 g/mol. The quantitative estimate of drug-likeness (QED) is 0.736. The van der Waals surface area contributed by atoms with E-state index in [1.807, 2.05) is 0 Å². The molecule has 27 heavy (non-hydrogen) atoms. The van der Waals surface area contributed by atoms with Crippen molar-refractivity contribution in [3.05, 3.63) is 62.2 Å². The Bertz CT molecular complexity index is 998. The number of piperidine rings is 1. The van der Waals surface area contributed by atoms with Gasteiger partial charge in [-0.3, -0.25) is 9.78 Å². The molecule has 0 saturated carbocycles. The van der Waals surface area contributed by atoms with Crippen molar-refractivity contribution in [2.75, 3.05) is 23.3 Å². The second-order valence-corrected chi connectivity index (χ2v) is 7.18. The van der Waals surface area contributed by atoms with Crippen LogP contribution in [0.3, 0.4) is 0 Å². The van der Waals surface area contributed by atoms with Crippen LogP contribution in [0.4, 0.5) is 11.8 Å². The van der Waals surface area contributed by atoms with Crippen LogP contribution < -0.4 is 21.5 Å². The Morgan fingerprint density at radius 2 is 1.93 bits per heavy atom. The van der Waals surface area contributed by atoms with E-state index in [1.54, 1.807) is 24.3 Å². The van der Waals surface area contributed by atoms with Crippen molar-refractivity contribution in [3.8, 4) is 6.07 Å². The van der Waals surface area contributed by atoms with Gasteiger partial charge >= 0.3 is 0 Å². The number of fused-ring (bicyclic) bond motifs is 1. The molecule has 1 atom stereocenters. The molecule has 0 bridgehead atoms. The summed E-state index contributed by atoms with van der Waals surface area (Å²) >= 11 is 5.99. The number of nitrogens with zero attached hydrogens (tertiary/aromatic N) is 3. The number of aromatic amines is 1. The molecule has 1 aromatic carbocycles. The van der Waals surface area contributed by atoms with Gasteiger partial charge < -0.3 is 16.0 Å². The van der Waals surface area contributed by atoms with E-state index in [0.717, 1.165) is 31.5 Å². The molecule has 138 valence electrons. The first-order valence-electron chi connectivity index (χ1n) is 8.90. The summed E-state index contributed by atoms with van der Waals surface area (Å²) in [5.74, 6) is 0.563. The fourth-order valence-electron chi connectivity index (χ4n) is 3.70. The first-order valence-corrected chi connectivity index (χ1v) is 9.27. The average Bonchev–Trinajstić information content (AvgIpc) is 2.68. The molecule has 0 radical (unpaired) electrons. The third-order valence-corrected chi connectivity index (χ3v) is 5.29. The van der Waals surface area contributed by atoms with Gasteiger partial charge in [0.2, 0.25) is 5.95 Å². The minimum atomic E-state index is -0.588. The Morgan fingerprint density at radius 1 is 1.22 bits per heavy atom. The number of H-pyrrole nitrogens is 1. The molecule has 0 unspecified atom stereocenters. The fourth-order valence-corrected chi connectivity index (χ4v) is 3.82. The molecule has 4 N–H and O–H groups in total. The first-order chi connectivity index (χ1) is 13.1. The molecule has 7 nitrogen and oxygen atoms in total. The maximum absolute atomic E-state index is 13.0. The number of nitrogens with one attached hydrogen (secondary N) is 2. The maximum Gasteiger partial charge on any atom is 0.258 e. The molecular formula is C19H19ClN6O. The zero-order valence-corrected chi connectivity index (χ0v) is 15.4. The van der Waals surface area contributed by atoms with Gasteiger partial charge in [0.25, 0.3) is 5.56 Å². The zero-order chi connectivity index (χ0) is 19.0. The minimum Gasteiger partial charge on any atom is -0.384 e. The molecule has 1 saturated heterocycles. The van der Waals surface area contributed by atoms with Crippen molar-refractivity contribution in [1.82, 2.24) is 9.97 Å². The van der Waals surface area contributed by atoms with Crippen molar-refractivity contribution >= 4 is 23.4 Å². The van der Waals surface area contributed by atoms with Crippen LogP contribution in [0.1, 0.15) is 36.3 Å². The number of halogens is 1. The van der Waals surface area contributed by atoms with Crippen LogP contribution in [-0.2, 0) is 0 Å². The molecule has 2 aromatic rings. The molecule has 1 fully saturated rings. The highest BCUT2D eigenvalue weighted by Crippen LogP contribution is 2.38. The summed E-state index contributed by atoms with van der Waals surface area (Å²) in [5.41, 5.74) is 7.27. The predicted octanol–water partition coefficient (Wildman–Crippen LogP) is 2.66. The third-order valence-electron chi connectivity index (χ3n) is 5.04. The SMILES string of the molecule is N#CC1=C(N)Nc2nc(N3CCCCC3)[nH]c(=O)c2[C@H]1c1ccc(Cl)cc1. The van der Waals surface area contributed by atoms with Gasteiger partial charge in [0, 0.05) is 18.1 Å². The summed E-state index contributed by atoms with van der Waals surface area (Å²) in [5, 5.41) is 13.2. The van der Waals surface area contributed by atoms with E-state index in [9.17, 15) is 10.1 Å². The van der Waals surface area contributed by atoms with Crippen molar-refractivity contribution in [2.24, 2.45) is 5.73 Å². The lowest BCUT2D eigenvalue weighted by Crippen LogP contribution is -2.36. The van der Waals surface area contributed by atoms with Crippen LogP contribution in [0.2, 0.25) is 5.02 Å². The van der Waals surface area contributed by atoms with Gasteiger partial charge in [-0.25, -0.2) is 0 Å². The largest absolute Gasteiger partial charge is 0.384 e. The summed E-state index contributed by atoms with van der Waals surface area (Å²) in [6, 6.07) is 9.18. The number of rotatable bonds is 2. The highest BCUT2D eigenvalue weighted by molar-refractivity contribution is 6.30. The van der Waals surface area contributed by atoms with Crippen molar-refractivity contribution in [1.29, 1.82) is 5.26 Å². The molecule has 1 aromatic heterocycles. The molecule has 8 heteroatoms. The van der Waals surface area contributed by atoms with Gasteiger partial charge in [0.15, 0.2) is 0 Å². The average molecular weight is 383 g/mol. The Balaban J connectivity index is 1.85. The minimum absolute atomic E-state index is 0.215. The highest BCUT2D eigenvalue weighted by atomic mass is 35.5. The molecular weight excluding hydrogens is 364 g/mol. The summed E-state index contributed by atoms with van der Waals surface area (Å²) in [6.07, 6.45) is 3.33. The van der Waals surface area contributed by atoms with Crippen molar-refractivity contribution < 1.29 is 0 Å². The number of benzene rings is 1. The maximum atomic E-state index is 13.0. The second-order valence-electron chi connectivity index (χ2n) is 6.75. The molecule has 0 spiro atoms. The summed E-state index contributed by atoms with van der Waals surface area (Å²) in [7, 11) is 0. The van der Waals surface area contributed by atoms with Gasteiger partial charge in [-0.15, -0.1) is 0 Å². The number of hydrogen-bond acceptors (Lipinski definition) is 6. The number of nitriles is 1. The summed E-state index contributed by atoms with van der Waals surface area (Å²) in [4.78, 5) is 22.6. The third kappa shape index (κ3) is 3.13. The van der Waals surface area contributed by atoms with E-state index in [2.05, 4.69) is 26.3 Å². The fraction of sp³-hybridized carbons (Fsp3) is 0.316. The van der Waals surface area contributed by atoms with Crippen LogP contribution in [0.15, 0.2) is 40.5 Å². The molecule has 2 aliphatic rings. The van der Waals surface area contributed by atoms with E-state index in [-0.39, 0.29) is 11.4 Å². The van der Waals surface area contributed by atoms with Crippen molar-refractivity contribution in [3.63, 3.8) is 0 Å². The van der Waals surface area contributed by atoms with E-state index >= 15 is 0 Å². The van der Waals surface area contributed by atoms with E-state index in [0.29, 0.717) is 27.9 Å². The normalized spacial score (nSPS) is 19.3. The zero-order valence-electron chi connectivity index (χ0n) is 14.6. The Hall–Kier alpha value is -2.98. The number of aromatic nitrogens is 2. The van der Waals surface area contributed by atoms with Crippen LogP contribution >= 0.6 is 11.6 Å². The Morgan fingerprint density at radius 3 is 2.59 bits per heavy atom. The van der Waals surface area contributed by atoms with Crippen LogP contribution in [0, 0.1) is 11.3 Å². The van der Waals surface area contributed by atoms with Crippen LogP contribution in [0.25, 0.3) is 0 Å². The van der Waals surface area contributed by atoms with Gasteiger partial charge in [-0.1, -0.05) is 23.7 Å². The number of nitrogens with two attached hydrogens (primary N) is 1. The van der Waals surface area contributed by atoms with Crippen LogP contribution in [-0.4, -0.2) is 23.1 Å². The van der Waals surface area contributed by atoms with Gasteiger partial charge in [-0.2, -0.15) is 10.2 Å². The lowest BCUT2D eigenvalue weighted by Gasteiger charge is -2.30. The molecule has 3 heterocycles. The molecule has 0 amide bonds. The lowest BCUT2D eigenvalue weighted by molar-refractivity contribution is 0.567. The highest BCUT2D eigenvalue weighted by Gasteiger charge is 2.33. The van der Waals surface area contributed by atoms with E-state index < -0.39 is 5.92 Å². The first kappa shape index (κ1) is 17.4. The van der Waals surface area contributed by atoms with E-state index in [1.165, 1.54) is 6.42 Å². The molecule has 2 aliphatic heterocycles. The Labute approximate surface area is 161 Å². The summed E-state index contributed by atoms with van der Waals surface area (Å²) in [6.45, 7) is 1.72.